The van der Waals surface area contributed by atoms with Crippen LogP contribution in [-0.2, 0) is 28.3 Å². The van der Waals surface area contributed by atoms with Gasteiger partial charge in [0.15, 0.2) is 6.10 Å². The highest BCUT2D eigenvalue weighted by Gasteiger charge is 2.37. The molecule has 0 aromatic heterocycles. The lowest BCUT2D eigenvalue weighted by molar-refractivity contribution is -0.150. The molecule has 2 rings (SSSR count). The van der Waals surface area contributed by atoms with Crippen molar-refractivity contribution in [2.24, 2.45) is 0 Å². The number of alkyl halides is 6. The Morgan fingerprint density at radius 3 is 2.29 bits per heavy atom. The Labute approximate surface area is 191 Å². The molecule has 182 valence electrons. The summed E-state index contributed by atoms with van der Waals surface area (Å²) in [5.41, 5.74) is -2.72. The molecule has 10 heteroatoms. The van der Waals surface area contributed by atoms with Crippen molar-refractivity contribution < 1.29 is 45.7 Å². The minimum atomic E-state index is -4.99. The molecule has 0 aliphatic heterocycles. The Morgan fingerprint density at radius 1 is 1.06 bits per heavy atom. The summed E-state index contributed by atoms with van der Waals surface area (Å²) in [7, 11) is 0. The zero-order valence-corrected chi connectivity index (χ0v) is 17.8. The van der Waals surface area contributed by atoms with E-state index in [0.717, 1.165) is 5.56 Å². The first-order chi connectivity index (χ1) is 15.9. The van der Waals surface area contributed by atoms with Gasteiger partial charge in [-0.05, 0) is 55.0 Å². The first-order valence-electron chi connectivity index (χ1n) is 9.93. The molecule has 0 bridgehead atoms. The van der Waals surface area contributed by atoms with E-state index in [2.05, 4.69) is 11.8 Å². The summed E-state index contributed by atoms with van der Waals surface area (Å²) in [6.07, 6.45) is -8.01. The van der Waals surface area contributed by atoms with Crippen LogP contribution in [-0.4, -0.2) is 30.4 Å². The molecule has 0 aliphatic carbocycles. The Morgan fingerprint density at radius 2 is 1.74 bits per heavy atom. The van der Waals surface area contributed by atoms with Gasteiger partial charge in [0.25, 0.3) is 0 Å². The lowest BCUT2D eigenvalue weighted by Gasteiger charge is -2.13. The van der Waals surface area contributed by atoms with Crippen molar-refractivity contribution in [3.05, 3.63) is 76.9 Å². The van der Waals surface area contributed by atoms with Gasteiger partial charge in [0, 0.05) is 18.6 Å². The van der Waals surface area contributed by atoms with Crippen molar-refractivity contribution in [1.82, 2.24) is 0 Å². The smallest absolute Gasteiger partial charge is 0.417 e. The zero-order chi connectivity index (χ0) is 25.4. The van der Waals surface area contributed by atoms with Crippen LogP contribution in [0, 0.1) is 11.8 Å². The van der Waals surface area contributed by atoms with Crippen LogP contribution in [0.15, 0.2) is 54.6 Å². The van der Waals surface area contributed by atoms with Gasteiger partial charge in [-0.15, -0.1) is 0 Å². The standard InChI is InChI=1S/C24H20F6O4/c1-2-33-21(22(31)32)14-16-7-11-19(12-8-16)34-13-5-3-4-6-17-9-10-18(23(25,26)27)15-20(17)24(28,29)30/h3,5,7-12,15,21H,2,13-14H2,1H3,(H,31,32)/b5-3-/t21-/m0/s1. The largest absolute Gasteiger partial charge is 0.490 e. The third-order valence-corrected chi connectivity index (χ3v) is 4.39. The Bertz CT molecular complexity index is 1060. The van der Waals surface area contributed by atoms with Gasteiger partial charge in [-0.2, -0.15) is 26.3 Å². The molecule has 2 aromatic rings. The van der Waals surface area contributed by atoms with Crippen molar-refractivity contribution in [1.29, 1.82) is 0 Å². The van der Waals surface area contributed by atoms with Crippen molar-refractivity contribution >= 4 is 5.97 Å². The molecular weight excluding hydrogens is 466 g/mol. The van der Waals surface area contributed by atoms with Crippen molar-refractivity contribution in [2.45, 2.75) is 31.8 Å². The molecular formula is C24H20F6O4. The van der Waals surface area contributed by atoms with E-state index < -0.39 is 41.1 Å². The van der Waals surface area contributed by atoms with Crippen LogP contribution in [0.3, 0.4) is 0 Å². The molecule has 34 heavy (non-hydrogen) atoms. The van der Waals surface area contributed by atoms with Gasteiger partial charge in [0.2, 0.25) is 0 Å². The average Bonchev–Trinajstić information content (AvgIpc) is 2.75. The second-order valence-corrected chi connectivity index (χ2v) is 6.87. The number of carboxylic acid groups (broad SMARTS) is 1. The summed E-state index contributed by atoms with van der Waals surface area (Å²) in [5, 5.41) is 9.11. The highest BCUT2D eigenvalue weighted by atomic mass is 19.4. The van der Waals surface area contributed by atoms with Crippen LogP contribution in [0.4, 0.5) is 26.3 Å². The zero-order valence-electron chi connectivity index (χ0n) is 17.8. The molecule has 0 amide bonds. The van der Waals surface area contributed by atoms with E-state index in [1.165, 1.54) is 12.2 Å². The summed E-state index contributed by atoms with van der Waals surface area (Å²) < 4.78 is 88.0. The fraction of sp³-hybridized carbons (Fsp3) is 0.292. The SMILES string of the molecule is CCO[C@@H](Cc1ccc(OC/C=C\C#Cc2ccc(C(F)(F)F)cc2C(F)(F)F)cc1)C(=O)O. The van der Waals surface area contributed by atoms with Gasteiger partial charge >= 0.3 is 18.3 Å². The van der Waals surface area contributed by atoms with Crippen LogP contribution in [0.1, 0.15) is 29.2 Å². The van der Waals surface area contributed by atoms with Crippen molar-refractivity contribution in [3.8, 4) is 17.6 Å². The Hall–Kier alpha value is -3.45. The second-order valence-electron chi connectivity index (χ2n) is 6.87. The van der Waals surface area contributed by atoms with Gasteiger partial charge in [-0.1, -0.05) is 24.0 Å². The molecule has 1 atom stereocenters. The fourth-order valence-corrected chi connectivity index (χ4v) is 2.79. The van der Waals surface area contributed by atoms with Gasteiger partial charge in [-0.3, -0.25) is 0 Å². The average molecular weight is 486 g/mol. The van der Waals surface area contributed by atoms with Crippen LogP contribution in [0.2, 0.25) is 0 Å². The molecule has 0 spiro atoms. The highest BCUT2D eigenvalue weighted by Crippen LogP contribution is 2.37. The van der Waals surface area contributed by atoms with Crippen LogP contribution in [0.25, 0.3) is 0 Å². The number of halogens is 6. The first-order valence-corrected chi connectivity index (χ1v) is 9.93. The van der Waals surface area contributed by atoms with Crippen LogP contribution < -0.4 is 4.74 Å². The first kappa shape index (κ1) is 26.8. The number of ether oxygens (including phenoxy) is 2. The minimum absolute atomic E-state index is 0.0316. The van der Waals surface area contributed by atoms with E-state index >= 15 is 0 Å². The molecule has 0 aliphatic rings. The molecule has 0 heterocycles. The van der Waals surface area contributed by atoms with Crippen LogP contribution >= 0.6 is 0 Å². The van der Waals surface area contributed by atoms with E-state index in [4.69, 9.17) is 14.6 Å². The Balaban J connectivity index is 1.98. The molecule has 0 saturated carbocycles. The maximum Gasteiger partial charge on any atom is 0.417 e. The highest BCUT2D eigenvalue weighted by molar-refractivity contribution is 5.72. The van der Waals surface area contributed by atoms with E-state index in [9.17, 15) is 31.1 Å². The lowest BCUT2D eigenvalue weighted by Crippen LogP contribution is -2.26. The number of aliphatic carboxylic acids is 1. The van der Waals surface area contributed by atoms with E-state index in [1.807, 2.05) is 0 Å². The molecule has 1 N–H and O–H groups in total. The number of benzene rings is 2. The Kier molecular flexibility index (Phi) is 9.15. The third kappa shape index (κ3) is 8.15. The lowest BCUT2D eigenvalue weighted by atomic mass is 10.0. The van der Waals surface area contributed by atoms with Gasteiger partial charge in [0.1, 0.15) is 12.4 Å². The quantitative estimate of drug-likeness (QED) is 0.382. The number of carboxylic acids is 1. The normalized spacial score (nSPS) is 12.8. The maximum atomic E-state index is 13.1. The number of carbonyl (C=O) groups is 1. The van der Waals surface area contributed by atoms with E-state index in [-0.39, 0.29) is 25.7 Å². The molecule has 0 unspecified atom stereocenters. The maximum absolute atomic E-state index is 13.1. The summed E-state index contributed by atoms with van der Waals surface area (Å²) >= 11 is 0. The number of hydrogen-bond donors (Lipinski definition) is 1. The number of rotatable bonds is 8. The topological polar surface area (TPSA) is 55.8 Å². The van der Waals surface area contributed by atoms with Gasteiger partial charge in [-0.25, -0.2) is 4.79 Å². The van der Waals surface area contributed by atoms with Crippen LogP contribution in [0.5, 0.6) is 5.75 Å². The summed E-state index contributed by atoms with van der Waals surface area (Å²) in [5.74, 6) is 3.95. The summed E-state index contributed by atoms with van der Waals surface area (Å²) in [4.78, 5) is 11.1. The summed E-state index contributed by atoms with van der Waals surface area (Å²) in [6, 6.07) is 7.87. The molecule has 0 fully saturated rings. The number of allylic oxidation sites excluding steroid dienone is 1. The predicted octanol–water partition coefficient (Wildman–Crippen LogP) is 5.74. The molecule has 4 nitrogen and oxygen atoms in total. The third-order valence-electron chi connectivity index (χ3n) is 4.39. The summed E-state index contributed by atoms with van der Waals surface area (Å²) in [6.45, 7) is 2.00. The van der Waals surface area contributed by atoms with E-state index in [0.29, 0.717) is 17.9 Å². The minimum Gasteiger partial charge on any atom is -0.490 e. The molecule has 0 radical (unpaired) electrons. The van der Waals surface area contributed by atoms with Crippen molar-refractivity contribution in [2.75, 3.05) is 13.2 Å². The second kappa shape index (κ2) is 11.6. The monoisotopic (exact) mass is 486 g/mol. The van der Waals surface area contributed by atoms with E-state index in [1.54, 1.807) is 31.2 Å². The molecule has 0 saturated heterocycles. The van der Waals surface area contributed by atoms with Gasteiger partial charge in [0.05, 0.1) is 11.1 Å². The van der Waals surface area contributed by atoms with Gasteiger partial charge < -0.3 is 14.6 Å². The number of hydrogen-bond acceptors (Lipinski definition) is 3. The fourth-order valence-electron chi connectivity index (χ4n) is 2.79. The van der Waals surface area contributed by atoms with Crippen molar-refractivity contribution in [3.63, 3.8) is 0 Å². The predicted molar refractivity (Wildman–Crippen MR) is 111 cm³/mol. The molecule has 2 aromatic carbocycles.